The highest BCUT2D eigenvalue weighted by Crippen LogP contribution is 2.28. The van der Waals surface area contributed by atoms with Crippen LogP contribution in [-0.2, 0) is 6.54 Å². The molecular formula is C16H17N7. The summed E-state index contributed by atoms with van der Waals surface area (Å²) in [6.45, 7) is 3.62. The first-order chi connectivity index (χ1) is 11.3. The summed E-state index contributed by atoms with van der Waals surface area (Å²) in [7, 11) is 0. The first-order valence-electron chi connectivity index (χ1n) is 7.54. The van der Waals surface area contributed by atoms with Crippen LogP contribution in [0.25, 0.3) is 33.3 Å². The third-order valence-corrected chi connectivity index (χ3v) is 3.82. The molecule has 0 fully saturated rings. The molecule has 0 aliphatic carbocycles. The summed E-state index contributed by atoms with van der Waals surface area (Å²) in [5.74, 6) is 2.10. The van der Waals surface area contributed by atoms with Crippen LogP contribution in [0.15, 0.2) is 30.6 Å². The number of nitrogens with one attached hydrogen (secondary N) is 3. The summed E-state index contributed by atoms with van der Waals surface area (Å²) in [5.41, 5.74) is 9.53. The fourth-order valence-corrected chi connectivity index (χ4v) is 2.72. The van der Waals surface area contributed by atoms with E-state index in [1.807, 2.05) is 18.2 Å². The van der Waals surface area contributed by atoms with Gasteiger partial charge in [-0.05, 0) is 18.7 Å². The second-order valence-corrected chi connectivity index (χ2v) is 5.35. The third kappa shape index (κ3) is 2.31. The second-order valence-electron chi connectivity index (χ2n) is 5.35. The van der Waals surface area contributed by atoms with Crippen molar-refractivity contribution in [1.29, 1.82) is 0 Å². The summed E-state index contributed by atoms with van der Waals surface area (Å²) in [6, 6.07) is 6.02. The van der Waals surface area contributed by atoms with Crippen LogP contribution in [0, 0.1) is 0 Å². The predicted molar refractivity (Wildman–Crippen MR) is 90.8 cm³/mol. The average molecular weight is 307 g/mol. The van der Waals surface area contributed by atoms with Crippen LogP contribution >= 0.6 is 0 Å². The zero-order valence-corrected chi connectivity index (χ0v) is 12.7. The topological polar surface area (TPSA) is 108 Å². The molecule has 0 unspecified atom stereocenters. The van der Waals surface area contributed by atoms with E-state index in [9.17, 15) is 0 Å². The maximum atomic E-state index is 6.10. The van der Waals surface area contributed by atoms with E-state index < -0.39 is 0 Å². The number of rotatable bonds is 4. The van der Waals surface area contributed by atoms with E-state index in [2.05, 4.69) is 37.2 Å². The Morgan fingerprint density at radius 2 is 2.17 bits per heavy atom. The highest BCUT2D eigenvalue weighted by molar-refractivity contribution is 6.06. The number of H-pyrrole nitrogens is 2. The highest BCUT2D eigenvalue weighted by atomic mass is 15.0. The minimum atomic E-state index is 0.433. The van der Waals surface area contributed by atoms with Crippen LogP contribution in [0.4, 0.5) is 5.82 Å². The van der Waals surface area contributed by atoms with Crippen LogP contribution < -0.4 is 11.1 Å². The largest absolute Gasteiger partial charge is 0.382 e. The van der Waals surface area contributed by atoms with Crippen LogP contribution in [0.2, 0.25) is 0 Å². The number of nitrogens with zero attached hydrogens (tertiary/aromatic N) is 3. The summed E-state index contributed by atoms with van der Waals surface area (Å²) < 4.78 is 0. The molecule has 7 nitrogen and oxygen atoms in total. The summed E-state index contributed by atoms with van der Waals surface area (Å²) in [4.78, 5) is 19.8. The molecular weight excluding hydrogens is 290 g/mol. The normalized spacial score (nSPS) is 11.5. The fraction of sp³-hybridized carbons (Fsp3) is 0.188. The quantitative estimate of drug-likeness (QED) is 0.462. The first kappa shape index (κ1) is 13.7. The van der Waals surface area contributed by atoms with Crippen molar-refractivity contribution >= 4 is 27.8 Å². The number of benzene rings is 1. The Morgan fingerprint density at radius 3 is 2.96 bits per heavy atom. The van der Waals surface area contributed by atoms with Crippen molar-refractivity contribution in [3.8, 4) is 11.4 Å². The lowest BCUT2D eigenvalue weighted by Gasteiger charge is -2.03. The molecule has 1 aromatic carbocycles. The van der Waals surface area contributed by atoms with Crippen LogP contribution in [-0.4, -0.2) is 31.5 Å². The second kappa shape index (κ2) is 5.36. The molecule has 0 saturated carbocycles. The molecule has 0 amide bonds. The fourth-order valence-electron chi connectivity index (χ4n) is 2.72. The van der Waals surface area contributed by atoms with E-state index >= 15 is 0 Å². The number of nitrogen functional groups attached to an aromatic ring is 1. The predicted octanol–water partition coefficient (Wildman–Crippen LogP) is 2.19. The Balaban J connectivity index is 1.89. The van der Waals surface area contributed by atoms with Gasteiger partial charge in [0, 0.05) is 23.3 Å². The minimum Gasteiger partial charge on any atom is -0.382 e. The van der Waals surface area contributed by atoms with Gasteiger partial charge < -0.3 is 21.0 Å². The van der Waals surface area contributed by atoms with Gasteiger partial charge in [0.2, 0.25) is 0 Å². The number of aromatic nitrogens is 5. The lowest BCUT2D eigenvalue weighted by Crippen LogP contribution is -2.12. The first-order valence-corrected chi connectivity index (χ1v) is 7.54. The molecule has 116 valence electrons. The molecule has 0 radical (unpaired) electrons. The van der Waals surface area contributed by atoms with E-state index in [4.69, 9.17) is 5.73 Å². The third-order valence-electron chi connectivity index (χ3n) is 3.82. The Hall–Kier alpha value is -2.93. The number of imidazole rings is 2. The van der Waals surface area contributed by atoms with Crippen LogP contribution in [0.3, 0.4) is 0 Å². The molecule has 7 heteroatoms. The number of hydrogen-bond acceptors (Lipinski definition) is 5. The number of anilines is 1. The van der Waals surface area contributed by atoms with Gasteiger partial charge in [0.1, 0.15) is 17.2 Å². The van der Waals surface area contributed by atoms with Crippen molar-refractivity contribution in [2.75, 3.05) is 12.3 Å². The summed E-state index contributed by atoms with van der Waals surface area (Å²) >= 11 is 0. The number of fused-ring (bicyclic) bond motifs is 3. The van der Waals surface area contributed by atoms with Crippen LogP contribution in [0.1, 0.15) is 12.7 Å². The lowest BCUT2D eigenvalue weighted by molar-refractivity contribution is 0.700. The van der Waals surface area contributed by atoms with Crippen molar-refractivity contribution in [2.45, 2.75) is 13.5 Å². The van der Waals surface area contributed by atoms with E-state index in [-0.39, 0.29) is 0 Å². The van der Waals surface area contributed by atoms with Gasteiger partial charge in [0.05, 0.1) is 17.6 Å². The van der Waals surface area contributed by atoms with Crippen molar-refractivity contribution in [2.24, 2.45) is 0 Å². The van der Waals surface area contributed by atoms with Crippen molar-refractivity contribution in [3.63, 3.8) is 0 Å². The van der Waals surface area contributed by atoms with Gasteiger partial charge in [-0.1, -0.05) is 13.0 Å². The van der Waals surface area contributed by atoms with Crippen molar-refractivity contribution in [1.82, 2.24) is 30.2 Å². The van der Waals surface area contributed by atoms with Gasteiger partial charge in [-0.15, -0.1) is 0 Å². The number of aromatic amines is 2. The van der Waals surface area contributed by atoms with Gasteiger partial charge in [-0.2, -0.15) is 0 Å². The van der Waals surface area contributed by atoms with Crippen LogP contribution in [0.5, 0.6) is 0 Å². The molecule has 0 aliphatic rings. The van der Waals surface area contributed by atoms with Crippen molar-refractivity contribution in [3.05, 3.63) is 36.4 Å². The highest BCUT2D eigenvalue weighted by Gasteiger charge is 2.12. The van der Waals surface area contributed by atoms with E-state index in [1.165, 1.54) is 0 Å². The molecule has 23 heavy (non-hydrogen) atoms. The molecule has 0 bridgehead atoms. The maximum Gasteiger partial charge on any atom is 0.152 e. The monoisotopic (exact) mass is 307 g/mol. The molecule has 0 aliphatic heterocycles. The molecule has 0 spiro atoms. The minimum absolute atomic E-state index is 0.433. The molecule has 4 rings (SSSR count). The molecule has 4 aromatic rings. The van der Waals surface area contributed by atoms with Gasteiger partial charge in [-0.3, -0.25) is 0 Å². The van der Waals surface area contributed by atoms with Gasteiger partial charge >= 0.3 is 0 Å². The van der Waals surface area contributed by atoms with Gasteiger partial charge in [-0.25, -0.2) is 15.0 Å². The molecule has 0 atom stereocenters. The lowest BCUT2D eigenvalue weighted by atomic mass is 10.1. The molecule has 3 heterocycles. The molecule has 3 aromatic heterocycles. The average Bonchev–Trinajstić information content (AvgIpc) is 3.22. The van der Waals surface area contributed by atoms with Gasteiger partial charge in [0.25, 0.3) is 0 Å². The zero-order chi connectivity index (χ0) is 15.8. The molecule has 5 N–H and O–H groups in total. The maximum absolute atomic E-state index is 6.10. The van der Waals surface area contributed by atoms with E-state index in [0.717, 1.165) is 45.7 Å². The Labute approximate surface area is 132 Å². The SMILES string of the molecule is CCNCc1nc2c(N)nc3cc(-c4ncc[nH]4)ccc3c2[nH]1. The Bertz CT molecular complexity index is 969. The van der Waals surface area contributed by atoms with Crippen molar-refractivity contribution < 1.29 is 0 Å². The van der Waals surface area contributed by atoms with E-state index in [0.29, 0.717) is 12.4 Å². The Morgan fingerprint density at radius 1 is 1.26 bits per heavy atom. The number of pyridine rings is 1. The number of hydrogen-bond donors (Lipinski definition) is 4. The smallest absolute Gasteiger partial charge is 0.152 e. The summed E-state index contributed by atoms with van der Waals surface area (Å²) in [6.07, 6.45) is 3.53. The standard InChI is InChI=1S/C16H17N7/c1-2-18-8-12-22-13-10-4-3-9(16-19-5-6-20-16)7-11(10)21-15(17)14(13)23-12/h3-7,18H,2,8H2,1H3,(H2,17,21)(H,19,20)(H,22,23). The molecule has 0 saturated heterocycles. The summed E-state index contributed by atoms with van der Waals surface area (Å²) in [5, 5.41) is 4.25. The van der Waals surface area contributed by atoms with E-state index in [1.54, 1.807) is 12.4 Å². The number of nitrogens with two attached hydrogens (primary N) is 1. The van der Waals surface area contributed by atoms with Gasteiger partial charge in [0.15, 0.2) is 5.82 Å². The Kier molecular flexibility index (Phi) is 3.20. The zero-order valence-electron chi connectivity index (χ0n) is 12.7.